The third kappa shape index (κ3) is 2.35. The van der Waals surface area contributed by atoms with E-state index in [4.69, 9.17) is 11.6 Å². The van der Waals surface area contributed by atoms with Gasteiger partial charge in [0.15, 0.2) is 0 Å². The average molecular weight is 283 g/mol. The number of hydrogen-bond acceptors (Lipinski definition) is 1. The van der Waals surface area contributed by atoms with Crippen molar-refractivity contribution in [2.45, 2.75) is 13.8 Å². The fourth-order valence-electron chi connectivity index (χ4n) is 2.23. The van der Waals surface area contributed by atoms with E-state index in [1.807, 2.05) is 18.2 Å². The van der Waals surface area contributed by atoms with E-state index >= 15 is 0 Å². The Balaban J connectivity index is 2.05. The highest BCUT2D eigenvalue weighted by Crippen LogP contribution is 2.32. The minimum atomic E-state index is 0.738. The van der Waals surface area contributed by atoms with Gasteiger partial charge in [0.05, 0.1) is 0 Å². The van der Waals surface area contributed by atoms with Gasteiger partial charge in [-0.05, 0) is 36.6 Å². The molecule has 0 saturated carbocycles. The number of nitrogens with zero attached hydrogens (tertiary/aromatic N) is 1. The average Bonchev–Trinajstić information content (AvgIpc) is 2.96. The molecule has 2 aromatic carbocycles. The maximum Gasteiger partial charge on any atom is 0.137 e. The summed E-state index contributed by atoms with van der Waals surface area (Å²) in [6.45, 7) is 4.23. The Morgan fingerprint density at radius 1 is 0.950 bits per heavy atom. The molecule has 1 aromatic heterocycles. The Morgan fingerprint density at radius 3 is 2.40 bits per heavy atom. The number of halogens is 1. The molecular formula is C17H15ClN2. The Kier molecular flexibility index (Phi) is 3.33. The van der Waals surface area contributed by atoms with Crippen molar-refractivity contribution >= 4 is 11.6 Å². The molecule has 0 spiro atoms. The van der Waals surface area contributed by atoms with Crippen molar-refractivity contribution in [1.29, 1.82) is 0 Å². The van der Waals surface area contributed by atoms with Gasteiger partial charge in [0.2, 0.25) is 0 Å². The fourth-order valence-corrected chi connectivity index (χ4v) is 2.52. The van der Waals surface area contributed by atoms with Gasteiger partial charge in [-0.15, -0.1) is 0 Å². The van der Waals surface area contributed by atoms with Gasteiger partial charge in [0.1, 0.15) is 5.82 Å². The van der Waals surface area contributed by atoms with Crippen LogP contribution in [0.3, 0.4) is 0 Å². The molecule has 3 heteroatoms. The zero-order valence-corrected chi connectivity index (χ0v) is 12.2. The van der Waals surface area contributed by atoms with E-state index in [-0.39, 0.29) is 0 Å². The third-order valence-electron chi connectivity index (χ3n) is 3.56. The van der Waals surface area contributed by atoms with Crippen LogP contribution in [0.2, 0.25) is 5.02 Å². The zero-order chi connectivity index (χ0) is 14.1. The van der Waals surface area contributed by atoms with Crippen molar-refractivity contribution in [3.05, 3.63) is 64.9 Å². The van der Waals surface area contributed by atoms with Gasteiger partial charge < -0.3 is 4.98 Å². The van der Waals surface area contributed by atoms with E-state index < -0.39 is 0 Å². The van der Waals surface area contributed by atoms with Gasteiger partial charge in [0, 0.05) is 28.5 Å². The molecule has 0 amide bonds. The fraction of sp³-hybridized carbons (Fsp3) is 0.118. The van der Waals surface area contributed by atoms with Crippen LogP contribution in [0.1, 0.15) is 11.1 Å². The van der Waals surface area contributed by atoms with Crippen LogP contribution < -0.4 is 0 Å². The second-order valence-corrected chi connectivity index (χ2v) is 5.34. The second-order valence-electron chi connectivity index (χ2n) is 4.93. The van der Waals surface area contributed by atoms with E-state index in [2.05, 4.69) is 42.0 Å². The van der Waals surface area contributed by atoms with Crippen LogP contribution in [0.25, 0.3) is 22.5 Å². The maximum absolute atomic E-state index is 6.43. The van der Waals surface area contributed by atoms with Gasteiger partial charge >= 0.3 is 0 Å². The van der Waals surface area contributed by atoms with Crippen LogP contribution in [-0.2, 0) is 0 Å². The molecule has 2 nitrogen and oxygen atoms in total. The van der Waals surface area contributed by atoms with Crippen molar-refractivity contribution in [2.24, 2.45) is 0 Å². The quantitative estimate of drug-likeness (QED) is 0.703. The minimum Gasteiger partial charge on any atom is -0.345 e. The zero-order valence-electron chi connectivity index (χ0n) is 11.4. The standard InChI is InChI=1S/C17H15ClN2/c1-11-3-4-13(9-12(11)2)15-6-5-14(10-16(15)18)17-19-7-8-20-17/h3-10H,1-2H3,(H,19,20). The highest BCUT2D eigenvalue weighted by molar-refractivity contribution is 6.33. The summed E-state index contributed by atoms with van der Waals surface area (Å²) in [4.78, 5) is 7.33. The number of hydrogen-bond donors (Lipinski definition) is 1. The highest BCUT2D eigenvalue weighted by atomic mass is 35.5. The minimum absolute atomic E-state index is 0.738. The predicted molar refractivity (Wildman–Crippen MR) is 83.9 cm³/mol. The van der Waals surface area contributed by atoms with Gasteiger partial charge in [-0.3, -0.25) is 0 Å². The molecule has 0 unspecified atom stereocenters. The molecule has 100 valence electrons. The summed E-state index contributed by atoms with van der Waals surface area (Å²) < 4.78 is 0. The monoisotopic (exact) mass is 282 g/mol. The number of aromatic amines is 1. The summed E-state index contributed by atoms with van der Waals surface area (Å²) in [7, 11) is 0. The first-order valence-electron chi connectivity index (χ1n) is 6.52. The lowest BCUT2D eigenvalue weighted by atomic mass is 9.99. The summed E-state index contributed by atoms with van der Waals surface area (Å²) in [6, 6.07) is 12.4. The maximum atomic E-state index is 6.43. The van der Waals surface area contributed by atoms with Crippen LogP contribution >= 0.6 is 11.6 Å². The molecule has 20 heavy (non-hydrogen) atoms. The number of imidazole rings is 1. The number of rotatable bonds is 2. The first kappa shape index (κ1) is 12.9. The van der Waals surface area contributed by atoms with Gasteiger partial charge in [0.25, 0.3) is 0 Å². The third-order valence-corrected chi connectivity index (χ3v) is 3.87. The molecule has 1 N–H and O–H groups in total. The van der Waals surface area contributed by atoms with E-state index in [0.29, 0.717) is 0 Å². The first-order chi connectivity index (χ1) is 9.65. The van der Waals surface area contributed by atoms with Crippen molar-refractivity contribution in [1.82, 2.24) is 9.97 Å². The molecule has 0 aliphatic heterocycles. The Bertz CT molecular complexity index is 746. The molecule has 1 heterocycles. The van der Waals surface area contributed by atoms with Crippen molar-refractivity contribution in [2.75, 3.05) is 0 Å². The van der Waals surface area contributed by atoms with E-state index in [1.54, 1.807) is 12.4 Å². The van der Waals surface area contributed by atoms with Crippen molar-refractivity contribution in [3.8, 4) is 22.5 Å². The molecule has 0 saturated heterocycles. The highest BCUT2D eigenvalue weighted by Gasteiger charge is 2.08. The van der Waals surface area contributed by atoms with Crippen molar-refractivity contribution < 1.29 is 0 Å². The largest absolute Gasteiger partial charge is 0.345 e. The lowest BCUT2D eigenvalue weighted by Crippen LogP contribution is -1.86. The Hall–Kier alpha value is -2.06. The van der Waals surface area contributed by atoms with Crippen LogP contribution in [-0.4, -0.2) is 9.97 Å². The molecule has 0 radical (unpaired) electrons. The summed E-state index contributed by atoms with van der Waals surface area (Å²) in [6.07, 6.45) is 3.54. The van der Waals surface area contributed by atoms with E-state index in [9.17, 15) is 0 Å². The topological polar surface area (TPSA) is 28.7 Å². The molecule has 0 bridgehead atoms. The molecule has 3 rings (SSSR count). The van der Waals surface area contributed by atoms with Crippen LogP contribution in [0.5, 0.6) is 0 Å². The lowest BCUT2D eigenvalue weighted by Gasteiger charge is -2.09. The number of aryl methyl sites for hydroxylation is 2. The summed E-state index contributed by atoms with van der Waals surface area (Å²) in [5.74, 6) is 0.832. The smallest absolute Gasteiger partial charge is 0.137 e. The second kappa shape index (κ2) is 5.14. The number of aromatic nitrogens is 2. The number of benzene rings is 2. The summed E-state index contributed by atoms with van der Waals surface area (Å²) >= 11 is 6.43. The van der Waals surface area contributed by atoms with E-state index in [0.717, 1.165) is 27.5 Å². The normalized spacial score (nSPS) is 10.8. The van der Waals surface area contributed by atoms with Gasteiger partial charge in [-0.25, -0.2) is 4.98 Å². The van der Waals surface area contributed by atoms with Gasteiger partial charge in [-0.1, -0.05) is 41.9 Å². The summed E-state index contributed by atoms with van der Waals surface area (Å²) in [5.41, 5.74) is 5.74. The molecule has 0 aliphatic carbocycles. The summed E-state index contributed by atoms with van der Waals surface area (Å²) in [5, 5.41) is 0.738. The molecule has 0 fully saturated rings. The molecule has 3 aromatic rings. The van der Waals surface area contributed by atoms with Crippen LogP contribution in [0, 0.1) is 13.8 Å². The van der Waals surface area contributed by atoms with E-state index in [1.165, 1.54) is 11.1 Å². The lowest BCUT2D eigenvalue weighted by molar-refractivity contribution is 1.31. The predicted octanol–water partition coefficient (Wildman–Crippen LogP) is 5.01. The number of H-pyrrole nitrogens is 1. The van der Waals surface area contributed by atoms with Crippen molar-refractivity contribution in [3.63, 3.8) is 0 Å². The van der Waals surface area contributed by atoms with Crippen LogP contribution in [0.15, 0.2) is 48.8 Å². The van der Waals surface area contributed by atoms with Crippen LogP contribution in [0.4, 0.5) is 0 Å². The molecular weight excluding hydrogens is 268 g/mol. The molecule has 0 atom stereocenters. The van der Waals surface area contributed by atoms with Gasteiger partial charge in [-0.2, -0.15) is 0 Å². The number of nitrogens with one attached hydrogen (secondary N) is 1. The Morgan fingerprint density at radius 2 is 1.75 bits per heavy atom. The Labute approximate surface area is 123 Å². The first-order valence-corrected chi connectivity index (χ1v) is 6.90. The molecule has 0 aliphatic rings. The SMILES string of the molecule is Cc1ccc(-c2ccc(-c3ncc[nH]3)cc2Cl)cc1C.